The second-order valence-corrected chi connectivity index (χ2v) is 4.23. The molecule has 0 heterocycles. The van der Waals surface area contributed by atoms with Gasteiger partial charge >= 0.3 is 0 Å². The lowest BCUT2D eigenvalue weighted by molar-refractivity contribution is -0.116. The fourth-order valence-corrected chi connectivity index (χ4v) is 1.43. The summed E-state index contributed by atoms with van der Waals surface area (Å²) in [6.07, 6.45) is 0.390. The van der Waals surface area contributed by atoms with Crippen LogP contribution in [0.25, 0.3) is 0 Å². The molecule has 1 atom stereocenters. The lowest BCUT2D eigenvalue weighted by Crippen LogP contribution is -2.20. The van der Waals surface area contributed by atoms with Gasteiger partial charge in [-0.2, -0.15) is 0 Å². The molecule has 0 aliphatic rings. The molecule has 0 aromatic heterocycles. The summed E-state index contributed by atoms with van der Waals surface area (Å²) in [6, 6.07) is 6.91. The van der Waals surface area contributed by atoms with Crippen LogP contribution in [0.15, 0.2) is 24.3 Å². The van der Waals surface area contributed by atoms with Crippen molar-refractivity contribution in [3.05, 3.63) is 29.8 Å². The summed E-state index contributed by atoms with van der Waals surface area (Å²) in [7, 11) is 0. The molecule has 1 unspecified atom stereocenters. The summed E-state index contributed by atoms with van der Waals surface area (Å²) in [5, 5.41) is 2.76. The molecule has 1 aromatic carbocycles. The normalized spacial score (nSPS) is 11.9. The number of amides is 1. The highest BCUT2D eigenvalue weighted by Gasteiger charge is 2.08. The number of ketones is 1. The Kier molecular flexibility index (Phi) is 4.84. The highest BCUT2D eigenvalue weighted by Crippen LogP contribution is 2.12. The molecule has 0 saturated carbocycles. The van der Waals surface area contributed by atoms with Crippen LogP contribution in [-0.2, 0) is 4.79 Å². The molecular formula is C13H18N2O2. The van der Waals surface area contributed by atoms with Crippen molar-refractivity contribution in [3.8, 4) is 0 Å². The topological polar surface area (TPSA) is 72.2 Å². The summed E-state index contributed by atoms with van der Waals surface area (Å²) < 4.78 is 0. The van der Waals surface area contributed by atoms with Gasteiger partial charge in [0.05, 0.1) is 0 Å². The van der Waals surface area contributed by atoms with E-state index in [-0.39, 0.29) is 17.6 Å². The number of benzene rings is 1. The van der Waals surface area contributed by atoms with Gasteiger partial charge in [0, 0.05) is 17.7 Å². The number of carbonyl (C=O) groups excluding carboxylic acids is 2. The summed E-state index contributed by atoms with van der Waals surface area (Å²) >= 11 is 0. The van der Waals surface area contributed by atoms with Crippen molar-refractivity contribution in [2.45, 2.75) is 20.3 Å². The Morgan fingerprint density at radius 2 is 2.12 bits per heavy atom. The summed E-state index contributed by atoms with van der Waals surface area (Å²) in [5.74, 6) is 0.0612. The van der Waals surface area contributed by atoms with Crippen molar-refractivity contribution >= 4 is 17.4 Å². The highest BCUT2D eigenvalue weighted by atomic mass is 16.1. The molecule has 17 heavy (non-hydrogen) atoms. The molecule has 4 heteroatoms. The van der Waals surface area contributed by atoms with Gasteiger partial charge in [-0.05, 0) is 31.5 Å². The maximum absolute atomic E-state index is 11.6. The number of anilines is 1. The van der Waals surface area contributed by atoms with E-state index < -0.39 is 0 Å². The molecule has 1 aromatic rings. The fourth-order valence-electron chi connectivity index (χ4n) is 1.43. The molecule has 0 saturated heterocycles. The van der Waals surface area contributed by atoms with Gasteiger partial charge in [0.25, 0.3) is 0 Å². The Hall–Kier alpha value is -1.68. The number of carbonyl (C=O) groups is 2. The average Bonchev–Trinajstić information content (AvgIpc) is 2.28. The molecule has 92 valence electrons. The van der Waals surface area contributed by atoms with E-state index in [0.717, 1.165) is 0 Å². The van der Waals surface area contributed by atoms with E-state index in [1.54, 1.807) is 24.3 Å². The fraction of sp³-hybridized carbons (Fsp3) is 0.385. The van der Waals surface area contributed by atoms with Gasteiger partial charge in [-0.1, -0.05) is 19.1 Å². The predicted molar refractivity (Wildman–Crippen MR) is 67.9 cm³/mol. The van der Waals surface area contributed by atoms with Crippen molar-refractivity contribution in [3.63, 3.8) is 0 Å². The van der Waals surface area contributed by atoms with E-state index in [0.29, 0.717) is 24.2 Å². The van der Waals surface area contributed by atoms with E-state index in [2.05, 4.69) is 5.32 Å². The van der Waals surface area contributed by atoms with Gasteiger partial charge in [0.2, 0.25) is 5.91 Å². The number of hydrogen-bond donors (Lipinski definition) is 2. The summed E-state index contributed by atoms with van der Waals surface area (Å²) in [5.41, 5.74) is 6.69. The SMILES string of the molecule is CC(=O)c1cccc(NC(=O)CC(C)CN)c1. The third kappa shape index (κ3) is 4.36. The maximum atomic E-state index is 11.6. The molecule has 1 rings (SSSR count). The van der Waals surface area contributed by atoms with Gasteiger partial charge in [0.1, 0.15) is 0 Å². The standard InChI is InChI=1S/C13H18N2O2/c1-9(8-14)6-13(17)15-12-5-3-4-11(7-12)10(2)16/h3-5,7,9H,6,8,14H2,1-2H3,(H,15,17). The van der Waals surface area contributed by atoms with E-state index in [1.165, 1.54) is 6.92 Å². The van der Waals surface area contributed by atoms with Crippen molar-refractivity contribution < 1.29 is 9.59 Å². The van der Waals surface area contributed by atoms with Crippen molar-refractivity contribution in [2.75, 3.05) is 11.9 Å². The number of rotatable bonds is 5. The molecule has 0 aliphatic heterocycles. The lowest BCUT2D eigenvalue weighted by Gasteiger charge is -2.09. The summed E-state index contributed by atoms with van der Waals surface area (Å²) in [6.45, 7) is 3.91. The van der Waals surface area contributed by atoms with E-state index in [9.17, 15) is 9.59 Å². The predicted octanol–water partition coefficient (Wildman–Crippen LogP) is 1.81. The van der Waals surface area contributed by atoms with Crippen LogP contribution in [-0.4, -0.2) is 18.2 Å². The molecule has 3 N–H and O–H groups in total. The van der Waals surface area contributed by atoms with Gasteiger partial charge in [-0.15, -0.1) is 0 Å². The van der Waals surface area contributed by atoms with E-state index >= 15 is 0 Å². The van der Waals surface area contributed by atoms with Crippen LogP contribution in [0, 0.1) is 5.92 Å². The second kappa shape index (κ2) is 6.15. The number of Topliss-reactive ketones (excluding diaryl/α,β-unsaturated/α-hetero) is 1. The minimum atomic E-state index is -0.0800. The van der Waals surface area contributed by atoms with Crippen LogP contribution in [0.1, 0.15) is 30.6 Å². The first-order valence-electron chi connectivity index (χ1n) is 5.64. The first-order chi connectivity index (χ1) is 8.02. The van der Waals surface area contributed by atoms with Gasteiger partial charge in [-0.25, -0.2) is 0 Å². The number of nitrogens with two attached hydrogens (primary N) is 1. The quantitative estimate of drug-likeness (QED) is 0.763. The number of hydrogen-bond acceptors (Lipinski definition) is 3. The van der Waals surface area contributed by atoms with E-state index in [1.807, 2.05) is 6.92 Å². The first-order valence-corrected chi connectivity index (χ1v) is 5.64. The van der Waals surface area contributed by atoms with Crippen LogP contribution in [0.4, 0.5) is 5.69 Å². The molecule has 1 amide bonds. The van der Waals surface area contributed by atoms with Crippen molar-refractivity contribution in [2.24, 2.45) is 11.7 Å². The first kappa shape index (κ1) is 13.4. The Balaban J connectivity index is 2.65. The van der Waals surface area contributed by atoms with Crippen LogP contribution in [0.3, 0.4) is 0 Å². The Morgan fingerprint density at radius 3 is 2.71 bits per heavy atom. The zero-order valence-corrected chi connectivity index (χ0v) is 10.2. The Morgan fingerprint density at radius 1 is 1.41 bits per heavy atom. The van der Waals surface area contributed by atoms with Crippen LogP contribution >= 0.6 is 0 Å². The van der Waals surface area contributed by atoms with Crippen LogP contribution in [0.5, 0.6) is 0 Å². The molecular weight excluding hydrogens is 216 g/mol. The van der Waals surface area contributed by atoms with Gasteiger partial charge in [0.15, 0.2) is 5.78 Å². The number of nitrogens with one attached hydrogen (secondary N) is 1. The monoisotopic (exact) mass is 234 g/mol. The lowest BCUT2D eigenvalue weighted by atomic mass is 10.1. The minimum Gasteiger partial charge on any atom is -0.330 e. The largest absolute Gasteiger partial charge is 0.330 e. The highest BCUT2D eigenvalue weighted by molar-refractivity contribution is 5.97. The van der Waals surface area contributed by atoms with E-state index in [4.69, 9.17) is 5.73 Å². The molecule has 0 radical (unpaired) electrons. The molecule has 4 nitrogen and oxygen atoms in total. The van der Waals surface area contributed by atoms with Crippen molar-refractivity contribution in [1.29, 1.82) is 0 Å². The maximum Gasteiger partial charge on any atom is 0.224 e. The molecule has 0 bridgehead atoms. The molecule has 0 aliphatic carbocycles. The third-order valence-corrected chi connectivity index (χ3v) is 2.49. The second-order valence-electron chi connectivity index (χ2n) is 4.23. The third-order valence-electron chi connectivity index (χ3n) is 2.49. The molecule has 0 spiro atoms. The molecule has 0 fully saturated rings. The Bertz CT molecular complexity index is 416. The minimum absolute atomic E-state index is 0.0172. The Labute approximate surface area is 101 Å². The zero-order valence-electron chi connectivity index (χ0n) is 10.2. The van der Waals surface area contributed by atoms with Crippen LogP contribution in [0.2, 0.25) is 0 Å². The van der Waals surface area contributed by atoms with Gasteiger partial charge in [-0.3, -0.25) is 9.59 Å². The average molecular weight is 234 g/mol. The summed E-state index contributed by atoms with van der Waals surface area (Å²) in [4.78, 5) is 22.8. The zero-order chi connectivity index (χ0) is 12.8. The van der Waals surface area contributed by atoms with Crippen LogP contribution < -0.4 is 11.1 Å². The smallest absolute Gasteiger partial charge is 0.224 e. The van der Waals surface area contributed by atoms with Crippen molar-refractivity contribution in [1.82, 2.24) is 0 Å². The van der Waals surface area contributed by atoms with Gasteiger partial charge < -0.3 is 11.1 Å².